The van der Waals surface area contributed by atoms with Crippen molar-refractivity contribution in [2.24, 2.45) is 11.8 Å². The molecule has 1 saturated carbocycles. The van der Waals surface area contributed by atoms with Crippen molar-refractivity contribution in [2.75, 3.05) is 13.1 Å². The number of nitrogens with zero attached hydrogens (tertiary/aromatic N) is 2. The van der Waals surface area contributed by atoms with Gasteiger partial charge in [-0.15, -0.1) is 0 Å². The fourth-order valence-electron chi connectivity index (χ4n) is 4.06. The molecule has 2 atom stereocenters. The Morgan fingerprint density at radius 1 is 1.15 bits per heavy atom. The molecular weight excluding hydrogens is 328 g/mol. The van der Waals surface area contributed by atoms with Gasteiger partial charge in [-0.2, -0.15) is 5.10 Å². The van der Waals surface area contributed by atoms with E-state index in [2.05, 4.69) is 36.3 Å². The summed E-state index contributed by atoms with van der Waals surface area (Å²) in [7, 11) is 0. The lowest BCUT2D eigenvalue weighted by Gasteiger charge is -2.32. The first-order valence-corrected chi connectivity index (χ1v) is 9.97. The Balaban J connectivity index is 1.59. The highest BCUT2D eigenvalue weighted by Gasteiger charge is 2.38. The van der Waals surface area contributed by atoms with E-state index in [1.807, 2.05) is 11.0 Å². The van der Waals surface area contributed by atoms with E-state index in [1.54, 1.807) is 0 Å². The number of hydrogen-bond donors (Lipinski definition) is 2. The minimum Gasteiger partial charge on any atom is -0.350 e. The van der Waals surface area contributed by atoms with Gasteiger partial charge in [-0.3, -0.25) is 14.7 Å². The maximum absolute atomic E-state index is 12.8. The number of carbonyl (C=O) groups is 2. The Morgan fingerprint density at radius 2 is 1.81 bits per heavy atom. The number of aromatic amines is 1. The van der Waals surface area contributed by atoms with Crippen molar-refractivity contribution < 1.29 is 9.59 Å². The largest absolute Gasteiger partial charge is 0.350 e. The van der Waals surface area contributed by atoms with Crippen molar-refractivity contribution >= 4 is 11.8 Å². The molecule has 0 spiro atoms. The second kappa shape index (κ2) is 7.80. The van der Waals surface area contributed by atoms with Crippen LogP contribution < -0.4 is 5.32 Å². The van der Waals surface area contributed by atoms with Gasteiger partial charge in [-0.25, -0.2) is 0 Å². The van der Waals surface area contributed by atoms with E-state index in [0.717, 1.165) is 63.0 Å². The van der Waals surface area contributed by atoms with Gasteiger partial charge in [0.25, 0.3) is 0 Å². The predicted octanol–water partition coefficient (Wildman–Crippen LogP) is 2.75. The quantitative estimate of drug-likeness (QED) is 0.867. The highest BCUT2D eigenvalue weighted by atomic mass is 16.2. The molecule has 6 nitrogen and oxygen atoms in total. The molecule has 0 aromatic carbocycles. The average molecular weight is 361 g/mol. The average Bonchev–Trinajstić information content (AvgIpc) is 3.30. The van der Waals surface area contributed by atoms with Crippen LogP contribution in [0.1, 0.15) is 70.7 Å². The molecule has 1 aromatic rings. The number of amides is 2. The molecule has 0 unspecified atom stereocenters. The molecule has 2 amide bonds. The molecule has 144 valence electrons. The van der Waals surface area contributed by atoms with Gasteiger partial charge >= 0.3 is 0 Å². The zero-order chi connectivity index (χ0) is 18.7. The van der Waals surface area contributed by atoms with Gasteiger partial charge in [0.05, 0.1) is 17.9 Å². The van der Waals surface area contributed by atoms with Gasteiger partial charge in [0.2, 0.25) is 11.8 Å². The summed E-state index contributed by atoms with van der Waals surface area (Å²) >= 11 is 0. The van der Waals surface area contributed by atoms with Gasteiger partial charge in [0.1, 0.15) is 0 Å². The number of aromatic nitrogens is 2. The molecule has 0 radical (unpaired) electrons. The fourth-order valence-corrected chi connectivity index (χ4v) is 4.06. The van der Waals surface area contributed by atoms with Crippen LogP contribution in [0.25, 0.3) is 0 Å². The van der Waals surface area contributed by atoms with E-state index in [-0.39, 0.29) is 29.1 Å². The van der Waals surface area contributed by atoms with E-state index < -0.39 is 0 Å². The molecule has 1 saturated heterocycles. The van der Waals surface area contributed by atoms with Crippen molar-refractivity contribution in [3.63, 3.8) is 0 Å². The summed E-state index contributed by atoms with van der Waals surface area (Å²) in [6, 6.07) is 2.01. The molecule has 0 bridgehead atoms. The molecule has 1 aromatic heterocycles. The smallest absolute Gasteiger partial charge is 0.226 e. The molecule has 3 rings (SSSR count). The monoisotopic (exact) mass is 360 g/mol. The first kappa shape index (κ1) is 18.9. The molecule has 2 aliphatic rings. The summed E-state index contributed by atoms with van der Waals surface area (Å²) in [5.74, 6) is -0.135. The van der Waals surface area contributed by atoms with Crippen LogP contribution in [0.15, 0.2) is 6.07 Å². The molecule has 2 fully saturated rings. The zero-order valence-corrected chi connectivity index (χ0v) is 16.3. The third-order valence-corrected chi connectivity index (χ3v) is 5.69. The van der Waals surface area contributed by atoms with Crippen molar-refractivity contribution in [2.45, 2.75) is 71.3 Å². The number of rotatable bonds is 4. The van der Waals surface area contributed by atoms with Crippen molar-refractivity contribution in [3.8, 4) is 0 Å². The number of nitrogens with one attached hydrogen (secondary N) is 2. The lowest BCUT2D eigenvalue weighted by molar-refractivity contribution is -0.142. The third kappa shape index (κ3) is 4.27. The van der Waals surface area contributed by atoms with E-state index in [9.17, 15) is 9.59 Å². The summed E-state index contributed by atoms with van der Waals surface area (Å²) in [5, 5.41) is 10.4. The summed E-state index contributed by atoms with van der Waals surface area (Å²) in [6.45, 7) is 8.48. The van der Waals surface area contributed by atoms with Crippen molar-refractivity contribution in [1.82, 2.24) is 20.4 Å². The summed E-state index contributed by atoms with van der Waals surface area (Å²) in [5.41, 5.74) is 1.87. The fraction of sp³-hybridized carbons (Fsp3) is 0.750. The molecule has 2 heterocycles. The Bertz CT molecular complexity index is 640. The van der Waals surface area contributed by atoms with Gasteiger partial charge in [-0.1, -0.05) is 33.6 Å². The molecule has 1 aliphatic heterocycles. The molecule has 26 heavy (non-hydrogen) atoms. The lowest BCUT2D eigenvalue weighted by Crippen LogP contribution is -2.44. The van der Waals surface area contributed by atoms with Crippen LogP contribution in [0.5, 0.6) is 0 Å². The van der Waals surface area contributed by atoms with Gasteiger partial charge < -0.3 is 10.2 Å². The minimum absolute atomic E-state index is 0.00848. The lowest BCUT2D eigenvalue weighted by atomic mass is 9.78. The number of H-pyrrole nitrogens is 1. The molecule has 6 heteroatoms. The number of likely N-dealkylation sites (tertiary alicyclic amines) is 1. The first-order valence-electron chi connectivity index (χ1n) is 9.97. The Morgan fingerprint density at radius 3 is 2.42 bits per heavy atom. The summed E-state index contributed by atoms with van der Waals surface area (Å²) in [4.78, 5) is 27.6. The number of hydrogen-bond acceptors (Lipinski definition) is 3. The zero-order valence-electron chi connectivity index (χ0n) is 16.3. The standard InChI is InChI=1S/C20H32N4O2/c1-20(2,3)17-12-14(22-23-17)13-21-18(25)15-8-4-5-9-16(15)19(26)24-10-6-7-11-24/h12,15-16H,4-11,13H2,1-3H3,(H,21,25)(H,22,23)/t15-,16+/m0/s1. The van der Waals surface area contributed by atoms with Gasteiger partial charge in [0.15, 0.2) is 0 Å². The van der Waals surface area contributed by atoms with Crippen LogP contribution in [0.2, 0.25) is 0 Å². The van der Waals surface area contributed by atoms with Crippen LogP contribution in [0.3, 0.4) is 0 Å². The van der Waals surface area contributed by atoms with Crippen LogP contribution in [-0.4, -0.2) is 40.0 Å². The van der Waals surface area contributed by atoms with Crippen LogP contribution in [0, 0.1) is 11.8 Å². The van der Waals surface area contributed by atoms with E-state index in [4.69, 9.17) is 0 Å². The van der Waals surface area contributed by atoms with Crippen molar-refractivity contribution in [3.05, 3.63) is 17.5 Å². The highest BCUT2D eigenvalue weighted by molar-refractivity contribution is 5.88. The topological polar surface area (TPSA) is 78.1 Å². The summed E-state index contributed by atoms with van der Waals surface area (Å²) < 4.78 is 0. The highest BCUT2D eigenvalue weighted by Crippen LogP contribution is 2.32. The van der Waals surface area contributed by atoms with Crippen LogP contribution >= 0.6 is 0 Å². The normalized spacial score (nSPS) is 23.9. The third-order valence-electron chi connectivity index (χ3n) is 5.69. The number of carbonyl (C=O) groups excluding carboxylic acids is 2. The van der Waals surface area contributed by atoms with Gasteiger partial charge in [-0.05, 0) is 31.7 Å². The Labute approximate surface area is 156 Å². The minimum atomic E-state index is -0.193. The van der Waals surface area contributed by atoms with Crippen LogP contribution in [-0.2, 0) is 21.5 Å². The van der Waals surface area contributed by atoms with E-state index >= 15 is 0 Å². The summed E-state index contributed by atoms with van der Waals surface area (Å²) in [6.07, 6.45) is 5.90. The SMILES string of the molecule is CC(C)(C)c1cc(CNC(=O)[C@H]2CCCC[C@H]2C(=O)N2CCCC2)[nH]n1. The Hall–Kier alpha value is -1.85. The van der Waals surface area contributed by atoms with E-state index in [1.165, 1.54) is 0 Å². The maximum Gasteiger partial charge on any atom is 0.226 e. The predicted molar refractivity (Wildman–Crippen MR) is 100 cm³/mol. The Kier molecular flexibility index (Phi) is 5.68. The first-order chi connectivity index (χ1) is 12.4. The second-order valence-electron chi connectivity index (χ2n) is 8.78. The second-order valence-corrected chi connectivity index (χ2v) is 8.78. The van der Waals surface area contributed by atoms with E-state index in [0.29, 0.717) is 6.54 Å². The molecular formula is C20H32N4O2. The molecule has 1 aliphatic carbocycles. The van der Waals surface area contributed by atoms with Gasteiger partial charge in [0, 0.05) is 30.3 Å². The van der Waals surface area contributed by atoms with Crippen molar-refractivity contribution in [1.29, 1.82) is 0 Å². The van der Waals surface area contributed by atoms with Crippen LogP contribution in [0.4, 0.5) is 0 Å². The molecule has 2 N–H and O–H groups in total. The maximum atomic E-state index is 12.8.